The van der Waals surface area contributed by atoms with Gasteiger partial charge in [0.05, 0.1) is 18.1 Å². The maximum Gasteiger partial charge on any atom is 0.319 e. The molecule has 9 nitrogen and oxygen atoms in total. The van der Waals surface area contributed by atoms with Crippen LogP contribution in [0.1, 0.15) is 11.6 Å². The molecule has 0 radical (unpaired) electrons. The quantitative estimate of drug-likeness (QED) is 0.542. The normalized spacial score (nSPS) is 18.6. The van der Waals surface area contributed by atoms with E-state index in [-0.39, 0.29) is 17.1 Å². The third kappa shape index (κ3) is 3.78. The molecule has 0 saturated carbocycles. The van der Waals surface area contributed by atoms with Gasteiger partial charge in [-0.05, 0) is 12.1 Å². The van der Waals surface area contributed by atoms with Crippen molar-refractivity contribution in [2.75, 3.05) is 12.4 Å². The first-order valence-electron chi connectivity index (χ1n) is 8.35. The smallest absolute Gasteiger partial charge is 0.319 e. The molecule has 0 aromatic heterocycles. The summed E-state index contributed by atoms with van der Waals surface area (Å²) < 4.78 is 5.35. The molecule has 0 aliphatic carbocycles. The lowest BCUT2D eigenvalue weighted by atomic mass is 9.87. The van der Waals surface area contributed by atoms with Crippen LogP contribution in [0.5, 0.6) is 5.75 Å². The van der Waals surface area contributed by atoms with E-state index < -0.39 is 28.8 Å². The highest BCUT2D eigenvalue weighted by atomic mass is 16.6. The molecule has 1 aliphatic rings. The number of anilines is 1. The van der Waals surface area contributed by atoms with Crippen LogP contribution in [-0.4, -0.2) is 24.0 Å². The number of para-hydroxylation sites is 1. The number of amides is 3. The predicted molar refractivity (Wildman–Crippen MR) is 102 cm³/mol. The number of carbonyl (C=O) groups is 2. The molecular formula is C19H18N4O5. The van der Waals surface area contributed by atoms with Crippen LogP contribution in [0, 0.1) is 16.0 Å². The Bertz CT molecular complexity index is 959. The van der Waals surface area contributed by atoms with E-state index >= 15 is 0 Å². The van der Waals surface area contributed by atoms with Gasteiger partial charge in [-0.2, -0.15) is 0 Å². The Labute approximate surface area is 160 Å². The lowest BCUT2D eigenvalue weighted by molar-refractivity contribution is -0.384. The first kappa shape index (κ1) is 18.9. The topological polar surface area (TPSA) is 123 Å². The molecule has 9 heteroatoms. The molecule has 1 fully saturated rings. The highest BCUT2D eigenvalue weighted by molar-refractivity contribution is 5.97. The number of hydrogen-bond donors (Lipinski definition) is 3. The number of nitro benzene ring substituents is 1. The third-order valence-corrected chi connectivity index (χ3v) is 4.35. The molecule has 2 aromatic rings. The molecule has 0 unspecified atom stereocenters. The molecule has 3 rings (SSSR count). The third-order valence-electron chi connectivity index (χ3n) is 4.35. The second-order valence-corrected chi connectivity index (χ2v) is 6.12. The zero-order valence-electron chi connectivity index (χ0n) is 15.0. The van der Waals surface area contributed by atoms with E-state index in [9.17, 15) is 19.7 Å². The number of hydrogen-bond acceptors (Lipinski definition) is 5. The van der Waals surface area contributed by atoms with Crippen molar-refractivity contribution in [3.63, 3.8) is 0 Å². The monoisotopic (exact) mass is 382 g/mol. The Morgan fingerprint density at radius 2 is 2.00 bits per heavy atom. The van der Waals surface area contributed by atoms with Gasteiger partial charge in [0.25, 0.3) is 5.69 Å². The zero-order valence-corrected chi connectivity index (χ0v) is 15.0. The van der Waals surface area contributed by atoms with Crippen molar-refractivity contribution in [2.24, 2.45) is 5.92 Å². The summed E-state index contributed by atoms with van der Waals surface area (Å²) in [6.45, 7) is 3.80. The van der Waals surface area contributed by atoms with Crippen LogP contribution >= 0.6 is 0 Å². The Balaban J connectivity index is 1.93. The Hall–Kier alpha value is -3.88. The van der Waals surface area contributed by atoms with Gasteiger partial charge in [-0.1, -0.05) is 30.8 Å². The van der Waals surface area contributed by atoms with Crippen LogP contribution in [0.4, 0.5) is 16.2 Å². The van der Waals surface area contributed by atoms with Crippen LogP contribution in [-0.2, 0) is 4.79 Å². The molecule has 0 spiro atoms. The maximum atomic E-state index is 13.0. The van der Waals surface area contributed by atoms with Gasteiger partial charge >= 0.3 is 6.03 Å². The molecule has 144 valence electrons. The fourth-order valence-electron chi connectivity index (χ4n) is 3.09. The number of methoxy groups -OCH3 is 1. The van der Waals surface area contributed by atoms with Gasteiger partial charge in [-0.3, -0.25) is 14.9 Å². The number of nitrogens with zero attached hydrogens (tertiary/aromatic N) is 1. The van der Waals surface area contributed by atoms with Gasteiger partial charge in [0.1, 0.15) is 11.7 Å². The number of urea groups is 1. The largest absolute Gasteiger partial charge is 0.496 e. The van der Waals surface area contributed by atoms with E-state index in [1.54, 1.807) is 30.3 Å². The number of ether oxygens (including phenoxy) is 1. The molecule has 2 atom stereocenters. The van der Waals surface area contributed by atoms with Crippen molar-refractivity contribution in [1.29, 1.82) is 0 Å². The summed E-state index contributed by atoms with van der Waals surface area (Å²) >= 11 is 0. The van der Waals surface area contributed by atoms with Crippen LogP contribution in [0.2, 0.25) is 0 Å². The summed E-state index contributed by atoms with van der Waals surface area (Å²) in [5, 5.41) is 18.8. The Morgan fingerprint density at radius 1 is 1.25 bits per heavy atom. The minimum atomic E-state index is -0.867. The number of nitro groups is 1. The minimum absolute atomic E-state index is 0.145. The summed E-state index contributed by atoms with van der Waals surface area (Å²) in [7, 11) is 1.49. The molecule has 1 heterocycles. The van der Waals surface area contributed by atoms with Crippen LogP contribution in [0.25, 0.3) is 0 Å². The lowest BCUT2D eigenvalue weighted by Gasteiger charge is -2.34. The first-order valence-corrected chi connectivity index (χ1v) is 8.35. The fourth-order valence-corrected chi connectivity index (χ4v) is 3.09. The van der Waals surface area contributed by atoms with Gasteiger partial charge in [-0.25, -0.2) is 4.79 Å². The van der Waals surface area contributed by atoms with Crippen molar-refractivity contribution in [3.05, 3.63) is 76.5 Å². The molecule has 0 bridgehead atoms. The van der Waals surface area contributed by atoms with Crippen molar-refractivity contribution in [3.8, 4) is 5.75 Å². The second-order valence-electron chi connectivity index (χ2n) is 6.12. The van der Waals surface area contributed by atoms with Crippen LogP contribution in [0.3, 0.4) is 0 Å². The van der Waals surface area contributed by atoms with E-state index in [0.29, 0.717) is 11.3 Å². The summed E-state index contributed by atoms with van der Waals surface area (Å²) in [6, 6.07) is 11.4. The highest BCUT2D eigenvalue weighted by Crippen LogP contribution is 2.35. The van der Waals surface area contributed by atoms with E-state index in [2.05, 4.69) is 22.5 Å². The Morgan fingerprint density at radius 3 is 2.71 bits per heavy atom. The summed E-state index contributed by atoms with van der Waals surface area (Å²) in [5.74, 6) is -0.835. The van der Waals surface area contributed by atoms with Gasteiger partial charge in [0.15, 0.2) is 0 Å². The lowest BCUT2D eigenvalue weighted by Crippen LogP contribution is -2.51. The number of nitrogens with one attached hydrogen (secondary N) is 3. The van der Waals surface area contributed by atoms with E-state index in [1.807, 2.05) is 0 Å². The Kier molecular flexibility index (Phi) is 5.25. The molecule has 28 heavy (non-hydrogen) atoms. The number of carbonyl (C=O) groups excluding carboxylic acids is 2. The van der Waals surface area contributed by atoms with Gasteiger partial charge in [0.2, 0.25) is 5.91 Å². The van der Waals surface area contributed by atoms with Crippen LogP contribution in [0.15, 0.2) is 60.8 Å². The molecule has 3 N–H and O–H groups in total. The van der Waals surface area contributed by atoms with Crippen molar-refractivity contribution < 1.29 is 19.2 Å². The molecule has 1 saturated heterocycles. The standard InChI is InChI=1S/C19H18N4O5/c1-11-16(18(24)21-12-6-5-7-13(10-12)23(26)27)17(22-19(25)20-11)14-8-3-4-9-15(14)28-2/h3-10,16-17H,1H2,2H3,(H,21,24)(H2,20,22,25)/t16-,17-/m0/s1. The second kappa shape index (κ2) is 7.78. The molecular weight excluding hydrogens is 364 g/mol. The van der Waals surface area contributed by atoms with Crippen molar-refractivity contribution >= 4 is 23.3 Å². The summed E-state index contributed by atoms with van der Waals surface area (Å²) in [4.78, 5) is 35.3. The predicted octanol–water partition coefficient (Wildman–Crippen LogP) is 2.73. The van der Waals surface area contributed by atoms with Gasteiger partial charge in [0, 0.05) is 29.1 Å². The van der Waals surface area contributed by atoms with Crippen molar-refractivity contribution in [1.82, 2.24) is 10.6 Å². The maximum absolute atomic E-state index is 13.0. The number of benzene rings is 2. The summed E-state index contributed by atoms with van der Waals surface area (Å²) in [6.07, 6.45) is 0. The summed E-state index contributed by atoms with van der Waals surface area (Å²) in [5.41, 5.74) is 0.943. The molecule has 2 aromatic carbocycles. The first-order chi connectivity index (χ1) is 13.4. The van der Waals surface area contributed by atoms with Crippen molar-refractivity contribution in [2.45, 2.75) is 6.04 Å². The molecule has 3 amide bonds. The average molecular weight is 382 g/mol. The van der Waals surface area contributed by atoms with E-state index in [1.165, 1.54) is 25.3 Å². The van der Waals surface area contributed by atoms with E-state index in [4.69, 9.17) is 4.74 Å². The zero-order chi connectivity index (χ0) is 20.3. The number of non-ortho nitro benzene ring substituents is 1. The average Bonchev–Trinajstić information content (AvgIpc) is 2.67. The highest BCUT2D eigenvalue weighted by Gasteiger charge is 2.39. The fraction of sp³-hybridized carbons (Fsp3) is 0.158. The number of rotatable bonds is 5. The van der Waals surface area contributed by atoms with Gasteiger partial charge < -0.3 is 20.7 Å². The molecule has 1 aliphatic heterocycles. The van der Waals surface area contributed by atoms with Crippen LogP contribution < -0.4 is 20.7 Å². The SMILES string of the molecule is C=C1NC(=O)N[C@@H](c2ccccc2OC)[C@H]1C(=O)Nc1cccc([N+](=O)[O-])c1. The van der Waals surface area contributed by atoms with Gasteiger partial charge in [-0.15, -0.1) is 0 Å². The minimum Gasteiger partial charge on any atom is -0.496 e. The van der Waals surface area contributed by atoms with E-state index in [0.717, 1.165) is 0 Å².